The van der Waals surface area contributed by atoms with Gasteiger partial charge in [0.1, 0.15) is 5.82 Å². The first-order valence-electron chi connectivity index (χ1n) is 5.77. The number of aliphatic imine (C=N–C) groups is 1. The number of hydrogen-bond acceptors (Lipinski definition) is 7. The average molecular weight is 320 g/mol. The zero-order valence-corrected chi connectivity index (χ0v) is 12.5. The van der Waals surface area contributed by atoms with Gasteiger partial charge in [0.05, 0.1) is 6.04 Å². The fourth-order valence-corrected chi connectivity index (χ4v) is 2.07. The van der Waals surface area contributed by atoms with E-state index >= 15 is 0 Å². The Hall–Kier alpha value is -1.88. The second-order valence-corrected chi connectivity index (χ2v) is 5.05. The molecule has 0 fully saturated rings. The number of nitrogens with zero attached hydrogens (tertiary/aromatic N) is 3. The monoisotopic (exact) mass is 320 g/mol. The summed E-state index contributed by atoms with van der Waals surface area (Å²) in [5.74, 6) is 0.371. The Balaban J connectivity index is 0.00000400. The van der Waals surface area contributed by atoms with Gasteiger partial charge in [0.25, 0.3) is 0 Å². The minimum Gasteiger partial charge on any atom is -0.412 e. The molecule has 1 atom stereocenters. The van der Waals surface area contributed by atoms with Crippen molar-refractivity contribution in [3.8, 4) is 0 Å². The Morgan fingerprint density at radius 3 is 2.43 bits per heavy atom. The highest BCUT2D eigenvalue weighted by atomic mass is 32.3. The third-order valence-electron chi connectivity index (χ3n) is 2.41. The van der Waals surface area contributed by atoms with Gasteiger partial charge in [-0.2, -0.15) is 18.5 Å². The summed E-state index contributed by atoms with van der Waals surface area (Å²) in [6, 6.07) is -0.526. The van der Waals surface area contributed by atoms with Crippen molar-refractivity contribution in [3.05, 3.63) is 37.2 Å². The van der Waals surface area contributed by atoms with Crippen LogP contribution < -0.4 is 5.73 Å². The molecule has 1 unspecified atom stereocenters. The average Bonchev–Trinajstić information content (AvgIpc) is 2.32. The van der Waals surface area contributed by atoms with Gasteiger partial charge < -0.3 is 16.1 Å². The summed E-state index contributed by atoms with van der Waals surface area (Å²) in [5.41, 5.74) is 5.65. The van der Waals surface area contributed by atoms with Gasteiger partial charge in [-0.25, -0.2) is 0 Å². The van der Waals surface area contributed by atoms with E-state index in [9.17, 15) is 8.42 Å². The molecule has 0 saturated carbocycles. The largest absolute Gasteiger partial charge is 0.418 e. The quantitative estimate of drug-likeness (QED) is 0.473. The van der Waals surface area contributed by atoms with Gasteiger partial charge in [-0.05, 0) is 13.0 Å². The molecule has 1 aliphatic heterocycles. The summed E-state index contributed by atoms with van der Waals surface area (Å²) in [6.07, 6.45) is 5.04. The molecule has 0 aliphatic carbocycles. The van der Waals surface area contributed by atoms with Gasteiger partial charge in [-0.15, -0.1) is 17.4 Å². The fraction of sp³-hybridized carbons (Fsp3) is 0.364. The predicted octanol–water partition coefficient (Wildman–Crippen LogP) is -0.570. The van der Waals surface area contributed by atoms with Crippen LogP contribution in [0.15, 0.2) is 42.2 Å². The molecule has 0 bridgehead atoms. The molecule has 1 aliphatic rings. The molecule has 10 heteroatoms. The normalized spacial score (nSPS) is 18.2. The Kier molecular flexibility index (Phi) is 7.09. The summed E-state index contributed by atoms with van der Waals surface area (Å²) in [4.78, 5) is 5.89. The Morgan fingerprint density at radius 1 is 1.52 bits per heavy atom. The lowest BCUT2D eigenvalue weighted by Gasteiger charge is -2.32. The molecule has 5 N–H and O–H groups in total. The van der Waals surface area contributed by atoms with Crippen LogP contribution in [0.2, 0.25) is 0 Å². The number of guanidine groups is 1. The molecule has 0 spiro atoms. The molecule has 9 nitrogen and oxygen atoms in total. The SMILES string of the molecule is C=CCN(CC=C)C1=CC(C)N(OS(=O)(=O)O)C(N)=N1.O. The molecule has 0 saturated heterocycles. The van der Waals surface area contributed by atoms with E-state index in [0.29, 0.717) is 18.9 Å². The highest BCUT2D eigenvalue weighted by Crippen LogP contribution is 2.17. The van der Waals surface area contributed by atoms with Gasteiger partial charge in [-0.1, -0.05) is 12.2 Å². The smallest absolute Gasteiger partial charge is 0.412 e. The van der Waals surface area contributed by atoms with Crippen LogP contribution in [0.4, 0.5) is 0 Å². The first-order valence-corrected chi connectivity index (χ1v) is 7.14. The standard InChI is InChI=1S/C11H18N4O4S.H2O/c1-4-6-14(7-5-2)10-8-9(3)15(11(12)13-10)19-20(16,17)18;/h4-5,8-9H,1-2,6-7H2,3H3,(H2,12,13)(H,16,17,18);1H2. The van der Waals surface area contributed by atoms with Crippen LogP contribution in [0.3, 0.4) is 0 Å². The maximum atomic E-state index is 10.7. The summed E-state index contributed by atoms with van der Waals surface area (Å²) < 4.78 is 34.5. The van der Waals surface area contributed by atoms with Crippen molar-refractivity contribution >= 4 is 16.4 Å². The molecule has 0 radical (unpaired) electrons. The molecule has 0 aromatic heterocycles. The van der Waals surface area contributed by atoms with Crippen molar-refractivity contribution < 1.29 is 22.7 Å². The summed E-state index contributed by atoms with van der Waals surface area (Å²) in [5, 5.41) is 0.804. The molecule has 0 amide bonds. The van der Waals surface area contributed by atoms with Gasteiger partial charge in [-0.3, -0.25) is 4.55 Å². The van der Waals surface area contributed by atoms with Gasteiger partial charge in [0.2, 0.25) is 5.96 Å². The van der Waals surface area contributed by atoms with Gasteiger partial charge in [0, 0.05) is 13.1 Å². The minimum absolute atomic E-state index is 0. The lowest BCUT2D eigenvalue weighted by Crippen LogP contribution is -2.47. The molecule has 0 aromatic rings. The van der Waals surface area contributed by atoms with Gasteiger partial charge in [0.15, 0.2) is 0 Å². The van der Waals surface area contributed by atoms with Crippen molar-refractivity contribution in [1.82, 2.24) is 9.96 Å². The zero-order chi connectivity index (χ0) is 15.3. The van der Waals surface area contributed by atoms with Gasteiger partial charge >= 0.3 is 10.4 Å². The van der Waals surface area contributed by atoms with Crippen molar-refractivity contribution in [2.75, 3.05) is 13.1 Å². The highest BCUT2D eigenvalue weighted by molar-refractivity contribution is 7.80. The highest BCUT2D eigenvalue weighted by Gasteiger charge is 2.27. The molecule has 21 heavy (non-hydrogen) atoms. The van der Waals surface area contributed by atoms with E-state index in [1.807, 2.05) is 4.90 Å². The summed E-state index contributed by atoms with van der Waals surface area (Å²) in [6.45, 7) is 10.00. The van der Waals surface area contributed by atoms with Crippen LogP contribution in [-0.2, 0) is 14.7 Å². The van der Waals surface area contributed by atoms with Crippen LogP contribution in [0.5, 0.6) is 0 Å². The van der Waals surface area contributed by atoms with E-state index < -0.39 is 16.4 Å². The van der Waals surface area contributed by atoms with E-state index in [4.69, 9.17) is 10.3 Å². The Bertz CT molecular complexity index is 533. The minimum atomic E-state index is -4.66. The molecular formula is C11H20N4O5S. The predicted molar refractivity (Wildman–Crippen MR) is 79.2 cm³/mol. The zero-order valence-electron chi connectivity index (χ0n) is 11.6. The maximum absolute atomic E-state index is 10.7. The van der Waals surface area contributed by atoms with E-state index in [-0.39, 0.29) is 11.4 Å². The molecule has 0 aromatic carbocycles. The van der Waals surface area contributed by atoms with E-state index in [2.05, 4.69) is 22.4 Å². The molecular weight excluding hydrogens is 300 g/mol. The lowest BCUT2D eigenvalue weighted by atomic mass is 10.2. The molecule has 1 rings (SSSR count). The number of hydroxylamine groups is 2. The van der Waals surface area contributed by atoms with Crippen LogP contribution >= 0.6 is 0 Å². The van der Waals surface area contributed by atoms with Crippen LogP contribution in [0, 0.1) is 0 Å². The fourth-order valence-electron chi connectivity index (χ4n) is 1.65. The second-order valence-electron chi connectivity index (χ2n) is 4.05. The third-order valence-corrected chi connectivity index (χ3v) is 2.76. The molecule has 120 valence electrons. The Labute approximate surface area is 123 Å². The van der Waals surface area contributed by atoms with Crippen molar-refractivity contribution in [1.29, 1.82) is 0 Å². The van der Waals surface area contributed by atoms with Crippen LogP contribution in [0.1, 0.15) is 6.92 Å². The van der Waals surface area contributed by atoms with Crippen LogP contribution in [0.25, 0.3) is 0 Å². The lowest BCUT2D eigenvalue weighted by molar-refractivity contribution is -0.00942. The summed E-state index contributed by atoms with van der Waals surface area (Å²) in [7, 11) is -4.66. The topological polar surface area (TPSA) is 140 Å². The van der Waals surface area contributed by atoms with Crippen molar-refractivity contribution in [2.45, 2.75) is 13.0 Å². The number of hydrogen-bond donors (Lipinski definition) is 2. The van der Waals surface area contributed by atoms with E-state index in [1.165, 1.54) is 0 Å². The Morgan fingerprint density at radius 2 is 2.05 bits per heavy atom. The number of rotatable bonds is 7. The van der Waals surface area contributed by atoms with Crippen LogP contribution in [-0.4, -0.2) is 53.5 Å². The summed E-state index contributed by atoms with van der Waals surface area (Å²) >= 11 is 0. The second kappa shape index (κ2) is 7.78. The third kappa shape index (κ3) is 5.55. The first-order chi connectivity index (χ1) is 9.28. The maximum Gasteiger partial charge on any atom is 0.418 e. The van der Waals surface area contributed by atoms with Crippen molar-refractivity contribution in [3.63, 3.8) is 0 Å². The van der Waals surface area contributed by atoms with E-state index in [1.54, 1.807) is 25.2 Å². The van der Waals surface area contributed by atoms with Crippen molar-refractivity contribution in [2.24, 2.45) is 10.7 Å². The number of nitrogens with two attached hydrogens (primary N) is 1. The first kappa shape index (κ1) is 19.1. The molecule has 1 heterocycles. The van der Waals surface area contributed by atoms with E-state index in [0.717, 1.165) is 5.06 Å².